The lowest BCUT2D eigenvalue weighted by molar-refractivity contribution is 0.0993. The summed E-state index contributed by atoms with van der Waals surface area (Å²) in [7, 11) is 0. The quantitative estimate of drug-likeness (QED) is 0.707. The van der Waals surface area contributed by atoms with Gasteiger partial charge in [-0.25, -0.2) is 9.97 Å². The van der Waals surface area contributed by atoms with Crippen LogP contribution < -0.4 is 0 Å². The van der Waals surface area contributed by atoms with E-state index in [1.807, 2.05) is 30.3 Å². The number of carbonyl (C=O) groups is 1. The summed E-state index contributed by atoms with van der Waals surface area (Å²) in [6, 6.07) is 9.23. The Balaban J connectivity index is 2.12. The molecule has 15 heavy (non-hydrogen) atoms. The first-order valence-electron chi connectivity index (χ1n) is 4.68. The minimum atomic E-state index is 0.0883. The van der Waals surface area contributed by atoms with E-state index in [0.717, 1.165) is 11.1 Å². The first kappa shape index (κ1) is 9.52. The minimum Gasteiger partial charge on any atom is -0.294 e. The van der Waals surface area contributed by atoms with E-state index >= 15 is 0 Å². The normalized spacial score (nSPS) is 9.87. The van der Waals surface area contributed by atoms with Crippen molar-refractivity contribution in [1.82, 2.24) is 9.97 Å². The molecule has 0 bridgehead atoms. The van der Waals surface area contributed by atoms with Crippen LogP contribution in [0.2, 0.25) is 0 Å². The maximum absolute atomic E-state index is 11.8. The Kier molecular flexibility index (Phi) is 2.83. The molecule has 0 aliphatic heterocycles. The first-order valence-corrected chi connectivity index (χ1v) is 4.68. The highest BCUT2D eigenvalue weighted by Gasteiger charge is 2.05. The molecule has 3 nitrogen and oxygen atoms in total. The molecule has 1 aromatic heterocycles. The van der Waals surface area contributed by atoms with E-state index in [4.69, 9.17) is 0 Å². The first-order chi connectivity index (χ1) is 7.36. The average molecular weight is 198 g/mol. The van der Waals surface area contributed by atoms with Crippen molar-refractivity contribution in [3.05, 3.63) is 60.2 Å². The Bertz CT molecular complexity index is 440. The van der Waals surface area contributed by atoms with E-state index in [2.05, 4.69) is 9.97 Å². The third kappa shape index (κ3) is 2.47. The Hall–Kier alpha value is -2.03. The van der Waals surface area contributed by atoms with Gasteiger partial charge in [-0.1, -0.05) is 30.3 Å². The van der Waals surface area contributed by atoms with Gasteiger partial charge in [0, 0.05) is 24.4 Å². The second-order valence-electron chi connectivity index (χ2n) is 3.21. The highest BCUT2D eigenvalue weighted by atomic mass is 16.1. The number of hydrogen-bond donors (Lipinski definition) is 0. The van der Waals surface area contributed by atoms with Gasteiger partial charge in [0.05, 0.1) is 0 Å². The molecule has 1 aromatic carbocycles. The van der Waals surface area contributed by atoms with Gasteiger partial charge in [0.2, 0.25) is 0 Å². The number of Topliss-reactive ketones (excluding diaryl/α,β-unsaturated/α-hetero) is 1. The molecular weight excluding hydrogens is 188 g/mol. The Morgan fingerprint density at radius 2 is 1.73 bits per heavy atom. The SMILES string of the molecule is O=C(Cc1cncnc1)c1ccccc1. The number of aromatic nitrogens is 2. The van der Waals surface area contributed by atoms with Crippen molar-refractivity contribution in [3.63, 3.8) is 0 Å². The Morgan fingerprint density at radius 1 is 1.07 bits per heavy atom. The lowest BCUT2D eigenvalue weighted by atomic mass is 10.1. The van der Waals surface area contributed by atoms with E-state index < -0.39 is 0 Å². The third-order valence-electron chi connectivity index (χ3n) is 2.07. The molecule has 0 atom stereocenters. The fourth-order valence-corrected chi connectivity index (χ4v) is 1.33. The Labute approximate surface area is 87.8 Å². The summed E-state index contributed by atoms with van der Waals surface area (Å²) in [5, 5.41) is 0. The summed E-state index contributed by atoms with van der Waals surface area (Å²) in [6.07, 6.45) is 5.13. The molecule has 0 saturated heterocycles. The van der Waals surface area contributed by atoms with Crippen LogP contribution in [0.4, 0.5) is 0 Å². The fraction of sp³-hybridized carbons (Fsp3) is 0.0833. The van der Waals surface area contributed by atoms with Gasteiger partial charge < -0.3 is 0 Å². The van der Waals surface area contributed by atoms with Gasteiger partial charge in [-0.3, -0.25) is 4.79 Å². The molecule has 1 heterocycles. The fourth-order valence-electron chi connectivity index (χ4n) is 1.33. The maximum atomic E-state index is 11.8. The molecule has 0 unspecified atom stereocenters. The molecule has 0 N–H and O–H groups in total. The minimum absolute atomic E-state index is 0.0883. The van der Waals surface area contributed by atoms with Gasteiger partial charge in [-0.2, -0.15) is 0 Å². The van der Waals surface area contributed by atoms with Crippen molar-refractivity contribution >= 4 is 5.78 Å². The van der Waals surface area contributed by atoms with Crippen LogP contribution in [0.3, 0.4) is 0 Å². The van der Waals surface area contributed by atoms with E-state index in [1.54, 1.807) is 12.4 Å². The van der Waals surface area contributed by atoms with Crippen molar-refractivity contribution in [1.29, 1.82) is 0 Å². The van der Waals surface area contributed by atoms with E-state index in [-0.39, 0.29) is 5.78 Å². The van der Waals surface area contributed by atoms with E-state index in [0.29, 0.717) is 6.42 Å². The number of nitrogens with zero attached hydrogens (tertiary/aromatic N) is 2. The molecule has 0 radical (unpaired) electrons. The van der Waals surface area contributed by atoms with Crippen molar-refractivity contribution in [3.8, 4) is 0 Å². The summed E-state index contributed by atoms with van der Waals surface area (Å²) < 4.78 is 0. The molecule has 3 heteroatoms. The summed E-state index contributed by atoms with van der Waals surface area (Å²) >= 11 is 0. The number of rotatable bonds is 3. The molecular formula is C12H10N2O. The van der Waals surface area contributed by atoms with Crippen LogP contribution in [0, 0.1) is 0 Å². The molecule has 0 fully saturated rings. The summed E-state index contributed by atoms with van der Waals surface area (Å²) in [5.74, 6) is 0.0883. The largest absolute Gasteiger partial charge is 0.294 e. The average Bonchev–Trinajstić information content (AvgIpc) is 2.31. The van der Waals surface area contributed by atoms with Crippen molar-refractivity contribution in [2.24, 2.45) is 0 Å². The summed E-state index contributed by atoms with van der Waals surface area (Å²) in [5.41, 5.74) is 1.56. The summed E-state index contributed by atoms with van der Waals surface area (Å²) in [4.78, 5) is 19.5. The van der Waals surface area contributed by atoms with Gasteiger partial charge in [-0.05, 0) is 5.56 Å². The lowest BCUT2D eigenvalue weighted by Gasteiger charge is -1.99. The van der Waals surface area contributed by atoms with Gasteiger partial charge in [-0.15, -0.1) is 0 Å². The molecule has 0 spiro atoms. The molecule has 74 valence electrons. The van der Waals surface area contributed by atoms with Gasteiger partial charge >= 0.3 is 0 Å². The predicted octanol–water partition coefficient (Wildman–Crippen LogP) is 1.90. The van der Waals surface area contributed by atoms with E-state index in [1.165, 1.54) is 6.33 Å². The van der Waals surface area contributed by atoms with Crippen molar-refractivity contribution in [2.45, 2.75) is 6.42 Å². The van der Waals surface area contributed by atoms with Crippen LogP contribution >= 0.6 is 0 Å². The molecule has 0 aliphatic rings. The van der Waals surface area contributed by atoms with Gasteiger partial charge in [0.15, 0.2) is 5.78 Å². The number of hydrogen-bond acceptors (Lipinski definition) is 3. The van der Waals surface area contributed by atoms with Crippen LogP contribution in [0.5, 0.6) is 0 Å². The Morgan fingerprint density at radius 3 is 2.40 bits per heavy atom. The number of benzene rings is 1. The highest BCUT2D eigenvalue weighted by Crippen LogP contribution is 2.05. The van der Waals surface area contributed by atoms with Gasteiger partial charge in [0.25, 0.3) is 0 Å². The lowest BCUT2D eigenvalue weighted by Crippen LogP contribution is -2.03. The van der Waals surface area contributed by atoms with Gasteiger partial charge in [0.1, 0.15) is 6.33 Å². The van der Waals surface area contributed by atoms with Crippen LogP contribution in [0.1, 0.15) is 15.9 Å². The summed E-state index contributed by atoms with van der Waals surface area (Å²) in [6.45, 7) is 0. The number of carbonyl (C=O) groups excluding carboxylic acids is 1. The van der Waals surface area contributed by atoms with Crippen LogP contribution in [-0.2, 0) is 6.42 Å². The molecule has 0 amide bonds. The highest BCUT2D eigenvalue weighted by molar-refractivity contribution is 5.97. The zero-order valence-corrected chi connectivity index (χ0v) is 8.13. The standard InChI is InChI=1S/C12H10N2O/c15-12(11-4-2-1-3-5-11)6-10-7-13-9-14-8-10/h1-5,7-9H,6H2. The maximum Gasteiger partial charge on any atom is 0.167 e. The zero-order valence-electron chi connectivity index (χ0n) is 8.13. The van der Waals surface area contributed by atoms with Crippen molar-refractivity contribution < 1.29 is 4.79 Å². The van der Waals surface area contributed by atoms with Crippen LogP contribution in [-0.4, -0.2) is 15.8 Å². The topological polar surface area (TPSA) is 42.9 Å². The number of ketones is 1. The predicted molar refractivity (Wildman–Crippen MR) is 56.5 cm³/mol. The van der Waals surface area contributed by atoms with Crippen LogP contribution in [0.15, 0.2) is 49.1 Å². The molecule has 2 aromatic rings. The smallest absolute Gasteiger partial charge is 0.167 e. The zero-order chi connectivity index (χ0) is 10.5. The third-order valence-corrected chi connectivity index (χ3v) is 2.07. The molecule has 2 rings (SSSR count). The van der Waals surface area contributed by atoms with Crippen LogP contribution in [0.25, 0.3) is 0 Å². The van der Waals surface area contributed by atoms with E-state index in [9.17, 15) is 4.79 Å². The molecule has 0 aliphatic carbocycles. The molecule has 0 saturated carbocycles. The monoisotopic (exact) mass is 198 g/mol. The second kappa shape index (κ2) is 4.46. The second-order valence-corrected chi connectivity index (χ2v) is 3.21. The van der Waals surface area contributed by atoms with Crippen molar-refractivity contribution in [2.75, 3.05) is 0 Å².